The van der Waals surface area contributed by atoms with Crippen LogP contribution in [0, 0.1) is 23.2 Å². The monoisotopic (exact) mass is 707 g/mol. The number of phenols is 1. The predicted octanol–water partition coefficient (Wildman–Crippen LogP) is 1.96. The molecule has 4 aliphatic carbocycles. The van der Waals surface area contributed by atoms with Crippen LogP contribution in [-0.4, -0.2) is 77.0 Å². The Balaban J connectivity index is 1.20. The second-order valence-electron chi connectivity index (χ2n) is 14.5. The highest BCUT2D eigenvalue weighted by Gasteiger charge is 2.66. The summed E-state index contributed by atoms with van der Waals surface area (Å²) >= 11 is 1.49. The molecule has 50 heavy (non-hydrogen) atoms. The highest BCUT2D eigenvalue weighted by molar-refractivity contribution is 7.98. The van der Waals surface area contributed by atoms with Gasteiger partial charge < -0.3 is 37.3 Å². The summed E-state index contributed by atoms with van der Waals surface area (Å²) in [5, 5.41) is 17.4. The fraction of sp³-hybridized carbons (Fsp3) is 0.541. The molecule has 4 fully saturated rings. The zero-order valence-electron chi connectivity index (χ0n) is 28.7. The SMILES string of the molecule is CSCC[C@@H](NC(=O)[C@@H](N)Cc1ccc(O)cc1)C(=O)NCC(=O)N[C@@H](Cc1ccccc1)C(=O)OC(=O)C1(C)C2CC3CC(C2)CC1(N)C3. The van der Waals surface area contributed by atoms with Crippen molar-refractivity contribution in [1.29, 1.82) is 0 Å². The number of nitrogens with one attached hydrogen (secondary N) is 3. The molecule has 3 unspecified atom stereocenters. The average molecular weight is 708 g/mol. The second-order valence-corrected chi connectivity index (χ2v) is 15.4. The predicted molar refractivity (Wildman–Crippen MR) is 189 cm³/mol. The number of carbonyl (C=O) groups excluding carboxylic acids is 5. The van der Waals surface area contributed by atoms with Crippen molar-refractivity contribution in [3.63, 3.8) is 0 Å². The van der Waals surface area contributed by atoms with Gasteiger partial charge in [0.2, 0.25) is 17.7 Å². The number of nitrogens with two attached hydrogens (primary N) is 2. The van der Waals surface area contributed by atoms with E-state index in [0.717, 1.165) is 43.2 Å². The molecule has 2 aromatic rings. The van der Waals surface area contributed by atoms with E-state index in [1.807, 2.05) is 19.2 Å². The number of rotatable bonds is 15. The molecule has 8 N–H and O–H groups in total. The summed E-state index contributed by atoms with van der Waals surface area (Å²) in [6.45, 7) is 1.35. The van der Waals surface area contributed by atoms with E-state index in [-0.39, 0.29) is 24.5 Å². The van der Waals surface area contributed by atoms with Crippen LogP contribution in [0.1, 0.15) is 56.6 Å². The van der Waals surface area contributed by atoms with Crippen molar-refractivity contribution in [2.75, 3.05) is 18.6 Å². The molecule has 6 atom stereocenters. The van der Waals surface area contributed by atoms with Crippen molar-refractivity contribution in [2.24, 2.45) is 34.6 Å². The summed E-state index contributed by atoms with van der Waals surface area (Å²) in [4.78, 5) is 66.7. The smallest absolute Gasteiger partial charge is 0.336 e. The third-order valence-corrected chi connectivity index (χ3v) is 11.6. The lowest BCUT2D eigenvalue weighted by Crippen LogP contribution is -2.70. The lowest BCUT2D eigenvalue weighted by atomic mass is 9.42. The number of thioether (sulfide) groups is 1. The zero-order chi connectivity index (χ0) is 36.1. The van der Waals surface area contributed by atoms with Gasteiger partial charge in [-0.15, -0.1) is 0 Å². The number of hydrogen-bond donors (Lipinski definition) is 6. The van der Waals surface area contributed by atoms with E-state index < -0.39 is 65.3 Å². The lowest BCUT2D eigenvalue weighted by molar-refractivity contribution is -0.189. The first kappa shape index (κ1) is 37.3. The van der Waals surface area contributed by atoms with E-state index in [1.54, 1.807) is 36.4 Å². The van der Waals surface area contributed by atoms with Gasteiger partial charge in [-0.2, -0.15) is 11.8 Å². The summed E-state index contributed by atoms with van der Waals surface area (Å²) < 4.78 is 5.57. The first-order chi connectivity index (χ1) is 23.8. The van der Waals surface area contributed by atoms with E-state index in [1.165, 1.54) is 23.9 Å². The fourth-order valence-corrected chi connectivity index (χ4v) is 8.76. The Morgan fingerprint density at radius 3 is 2.16 bits per heavy atom. The molecule has 0 radical (unpaired) electrons. The molecular weight excluding hydrogens is 659 g/mol. The molecule has 2 aromatic carbocycles. The third kappa shape index (κ3) is 8.50. The molecule has 12 nitrogen and oxygen atoms in total. The summed E-state index contributed by atoms with van der Waals surface area (Å²) in [7, 11) is 0. The number of amides is 3. The minimum absolute atomic E-state index is 0.0401. The number of carbonyl (C=O) groups is 5. The quantitative estimate of drug-likeness (QED) is 0.117. The Morgan fingerprint density at radius 2 is 1.54 bits per heavy atom. The molecule has 6 rings (SSSR count). The van der Waals surface area contributed by atoms with Crippen LogP contribution in [0.15, 0.2) is 54.6 Å². The fourth-order valence-electron chi connectivity index (χ4n) is 8.29. The van der Waals surface area contributed by atoms with Crippen LogP contribution in [0.4, 0.5) is 0 Å². The van der Waals surface area contributed by atoms with Crippen molar-refractivity contribution in [3.05, 3.63) is 65.7 Å². The highest BCUT2D eigenvalue weighted by Crippen LogP contribution is 2.63. The van der Waals surface area contributed by atoms with Gasteiger partial charge in [0.15, 0.2) is 0 Å². The van der Waals surface area contributed by atoms with Crippen molar-refractivity contribution in [3.8, 4) is 5.75 Å². The van der Waals surface area contributed by atoms with Gasteiger partial charge in [-0.1, -0.05) is 42.5 Å². The van der Waals surface area contributed by atoms with Gasteiger partial charge in [0, 0.05) is 12.0 Å². The van der Waals surface area contributed by atoms with Crippen LogP contribution < -0.4 is 27.4 Å². The largest absolute Gasteiger partial charge is 0.508 e. The van der Waals surface area contributed by atoms with Crippen molar-refractivity contribution in [2.45, 2.75) is 82.0 Å². The zero-order valence-corrected chi connectivity index (χ0v) is 29.5. The number of benzene rings is 2. The molecule has 4 saturated carbocycles. The molecule has 0 aliphatic heterocycles. The Bertz CT molecular complexity index is 1540. The molecular formula is C37H49N5O7S. The molecule has 270 valence electrons. The van der Waals surface area contributed by atoms with Crippen molar-refractivity contribution >= 4 is 41.4 Å². The van der Waals surface area contributed by atoms with Crippen LogP contribution in [-0.2, 0) is 41.6 Å². The van der Waals surface area contributed by atoms with E-state index in [4.69, 9.17) is 16.2 Å². The number of esters is 2. The summed E-state index contributed by atoms with van der Waals surface area (Å²) in [5.41, 5.74) is 12.8. The minimum atomic E-state index is -1.20. The average Bonchev–Trinajstić information content (AvgIpc) is 3.08. The standard InChI is InChI=1S/C37H49N5O7S/c1-36(26-15-24-14-25(16-26)20-37(36,39)19-24)35(48)49-34(47)30(18-22-6-4-3-5-7-22)41-31(44)21-40-33(46)29(12-13-50-2)42-32(45)28(38)17-23-8-10-27(43)11-9-23/h3-11,24-26,28-30,43H,12-21,38-39H2,1-2H3,(H,40,46)(H,41,44)(H,42,45)/t24?,25?,26?,28-,29+,30-,36?,37?/m0/s1. The third-order valence-electron chi connectivity index (χ3n) is 11.0. The van der Waals surface area contributed by atoms with Gasteiger partial charge in [0.25, 0.3) is 0 Å². The summed E-state index contributed by atoms with van der Waals surface area (Å²) in [5.74, 6) is -1.64. The van der Waals surface area contributed by atoms with E-state index >= 15 is 0 Å². The maximum atomic E-state index is 13.8. The van der Waals surface area contributed by atoms with Crippen LogP contribution in [0.2, 0.25) is 0 Å². The Labute approximate surface area is 297 Å². The van der Waals surface area contributed by atoms with Crippen LogP contribution in [0.3, 0.4) is 0 Å². The number of ether oxygens (including phenoxy) is 1. The number of aromatic hydroxyl groups is 1. The molecule has 0 spiro atoms. The van der Waals surface area contributed by atoms with Crippen LogP contribution >= 0.6 is 11.8 Å². The Hall–Kier alpha value is -3.94. The van der Waals surface area contributed by atoms with Gasteiger partial charge >= 0.3 is 11.9 Å². The number of phenolic OH excluding ortho intramolecular Hbond substituents is 1. The molecule has 13 heteroatoms. The van der Waals surface area contributed by atoms with Crippen molar-refractivity contribution < 1.29 is 33.8 Å². The first-order valence-electron chi connectivity index (χ1n) is 17.3. The first-order valence-corrected chi connectivity index (χ1v) is 18.7. The highest BCUT2D eigenvalue weighted by atomic mass is 32.2. The van der Waals surface area contributed by atoms with Crippen molar-refractivity contribution in [1.82, 2.24) is 16.0 Å². The second kappa shape index (κ2) is 15.9. The van der Waals surface area contributed by atoms with E-state index in [2.05, 4.69) is 16.0 Å². The molecule has 4 bridgehead atoms. The lowest BCUT2D eigenvalue weighted by Gasteiger charge is -2.63. The Kier molecular flexibility index (Phi) is 11.9. The Morgan fingerprint density at radius 1 is 0.900 bits per heavy atom. The van der Waals surface area contributed by atoms with Crippen LogP contribution in [0.25, 0.3) is 0 Å². The van der Waals surface area contributed by atoms with Gasteiger partial charge in [0.05, 0.1) is 18.0 Å². The summed E-state index contributed by atoms with van der Waals surface area (Å²) in [6.07, 6.45) is 6.80. The summed E-state index contributed by atoms with van der Waals surface area (Å²) in [6, 6.07) is 12.3. The van der Waals surface area contributed by atoms with E-state index in [0.29, 0.717) is 24.0 Å². The van der Waals surface area contributed by atoms with Gasteiger partial charge in [0.1, 0.15) is 17.8 Å². The normalized spacial score (nSPS) is 26.7. The molecule has 0 aromatic heterocycles. The minimum Gasteiger partial charge on any atom is -0.508 e. The van der Waals surface area contributed by atoms with Gasteiger partial charge in [-0.05, 0) is 105 Å². The topological polar surface area (TPSA) is 203 Å². The maximum absolute atomic E-state index is 13.8. The number of hydrogen-bond acceptors (Lipinski definition) is 10. The van der Waals surface area contributed by atoms with Gasteiger partial charge in [-0.25, -0.2) is 4.79 Å². The van der Waals surface area contributed by atoms with E-state index in [9.17, 15) is 29.1 Å². The van der Waals surface area contributed by atoms with Crippen LogP contribution in [0.5, 0.6) is 5.75 Å². The molecule has 0 heterocycles. The van der Waals surface area contributed by atoms with Gasteiger partial charge in [-0.3, -0.25) is 19.2 Å². The maximum Gasteiger partial charge on any atom is 0.336 e. The molecule has 4 aliphatic rings. The molecule has 3 amide bonds. The molecule has 0 saturated heterocycles.